The summed E-state index contributed by atoms with van der Waals surface area (Å²) in [7, 11) is 0. The van der Waals surface area contributed by atoms with Crippen molar-refractivity contribution in [1.29, 1.82) is 0 Å². The van der Waals surface area contributed by atoms with Gasteiger partial charge in [0.05, 0.1) is 13.1 Å². The number of aromatic nitrogens is 3. The lowest BCUT2D eigenvalue weighted by atomic mass is 10.1. The normalized spacial score (nSPS) is 11.8. The van der Waals surface area contributed by atoms with Crippen LogP contribution in [0.25, 0.3) is 16.8 Å². The SMILES string of the molecule is CCNC(=NCc1ccc(-n2ccnc2C)nc1)NCc1oc2ccccc2c1C. The third-order valence-corrected chi connectivity index (χ3v) is 5.00. The molecule has 0 saturated heterocycles. The average molecular weight is 403 g/mol. The van der Waals surface area contributed by atoms with E-state index in [9.17, 15) is 0 Å². The molecular formula is C23H26N6O. The van der Waals surface area contributed by atoms with Crippen molar-refractivity contribution in [2.75, 3.05) is 6.54 Å². The summed E-state index contributed by atoms with van der Waals surface area (Å²) in [5, 5.41) is 7.79. The van der Waals surface area contributed by atoms with Gasteiger partial charge in [0, 0.05) is 36.1 Å². The molecule has 154 valence electrons. The van der Waals surface area contributed by atoms with Crippen LogP contribution in [0, 0.1) is 13.8 Å². The van der Waals surface area contributed by atoms with Crippen LogP contribution in [-0.2, 0) is 13.1 Å². The van der Waals surface area contributed by atoms with Crippen molar-refractivity contribution in [2.45, 2.75) is 33.9 Å². The first-order valence-corrected chi connectivity index (χ1v) is 10.1. The number of hydrogen-bond donors (Lipinski definition) is 2. The zero-order chi connectivity index (χ0) is 20.9. The van der Waals surface area contributed by atoms with Gasteiger partial charge in [-0.3, -0.25) is 4.57 Å². The first-order chi connectivity index (χ1) is 14.7. The second kappa shape index (κ2) is 8.82. The van der Waals surface area contributed by atoms with Gasteiger partial charge in [-0.25, -0.2) is 15.0 Å². The van der Waals surface area contributed by atoms with E-state index in [1.54, 1.807) is 6.20 Å². The van der Waals surface area contributed by atoms with Crippen LogP contribution in [0.1, 0.15) is 29.6 Å². The van der Waals surface area contributed by atoms with Crippen molar-refractivity contribution in [3.8, 4) is 5.82 Å². The molecule has 0 fully saturated rings. The van der Waals surface area contributed by atoms with Crippen LogP contribution in [0.3, 0.4) is 0 Å². The van der Waals surface area contributed by atoms with Crippen molar-refractivity contribution in [2.24, 2.45) is 4.99 Å². The van der Waals surface area contributed by atoms with Crippen molar-refractivity contribution in [3.63, 3.8) is 0 Å². The van der Waals surface area contributed by atoms with Crippen LogP contribution in [0.4, 0.5) is 0 Å². The number of hydrogen-bond acceptors (Lipinski definition) is 4. The second-order valence-electron chi connectivity index (χ2n) is 7.06. The van der Waals surface area contributed by atoms with E-state index in [-0.39, 0.29) is 0 Å². The molecule has 4 rings (SSSR count). The van der Waals surface area contributed by atoms with Gasteiger partial charge < -0.3 is 15.1 Å². The third kappa shape index (κ3) is 4.20. The summed E-state index contributed by atoms with van der Waals surface area (Å²) in [6.07, 6.45) is 5.53. The lowest BCUT2D eigenvalue weighted by molar-refractivity contribution is 0.534. The highest BCUT2D eigenvalue weighted by atomic mass is 16.3. The smallest absolute Gasteiger partial charge is 0.191 e. The van der Waals surface area contributed by atoms with Crippen LogP contribution in [0.15, 0.2) is 64.4 Å². The monoisotopic (exact) mass is 402 g/mol. The molecular weight excluding hydrogens is 376 g/mol. The fourth-order valence-corrected chi connectivity index (χ4v) is 3.34. The molecule has 0 atom stereocenters. The van der Waals surface area contributed by atoms with Crippen molar-refractivity contribution in [3.05, 3.63) is 77.7 Å². The number of imidazole rings is 1. The number of benzene rings is 1. The maximum atomic E-state index is 5.99. The van der Waals surface area contributed by atoms with Gasteiger partial charge >= 0.3 is 0 Å². The molecule has 7 nitrogen and oxygen atoms in total. The number of fused-ring (bicyclic) bond motifs is 1. The van der Waals surface area contributed by atoms with Gasteiger partial charge in [0.1, 0.15) is 23.0 Å². The van der Waals surface area contributed by atoms with Crippen LogP contribution in [0.2, 0.25) is 0 Å². The first-order valence-electron chi connectivity index (χ1n) is 10.1. The van der Waals surface area contributed by atoms with Crippen molar-refractivity contribution >= 4 is 16.9 Å². The van der Waals surface area contributed by atoms with Crippen molar-refractivity contribution in [1.82, 2.24) is 25.2 Å². The molecule has 7 heteroatoms. The molecule has 0 spiro atoms. The molecule has 0 bridgehead atoms. The van der Waals surface area contributed by atoms with Crippen LogP contribution in [0.5, 0.6) is 0 Å². The Hall–Kier alpha value is -3.61. The first kappa shape index (κ1) is 19.7. The molecule has 3 heterocycles. The minimum absolute atomic E-state index is 0.532. The molecule has 4 aromatic rings. The zero-order valence-corrected chi connectivity index (χ0v) is 17.5. The van der Waals surface area contributed by atoms with Crippen molar-refractivity contribution < 1.29 is 4.42 Å². The minimum atomic E-state index is 0.532. The van der Waals surface area contributed by atoms with Gasteiger partial charge in [0.15, 0.2) is 5.96 Å². The summed E-state index contributed by atoms with van der Waals surface area (Å²) in [5.74, 6) is 3.42. The van der Waals surface area contributed by atoms with Gasteiger partial charge in [-0.1, -0.05) is 24.3 Å². The topological polar surface area (TPSA) is 80.3 Å². The van der Waals surface area contributed by atoms with Crippen LogP contribution >= 0.6 is 0 Å². The Balaban J connectivity index is 1.43. The number of rotatable bonds is 6. The largest absolute Gasteiger partial charge is 0.459 e. The van der Waals surface area contributed by atoms with Gasteiger partial charge in [-0.2, -0.15) is 0 Å². The fourth-order valence-electron chi connectivity index (χ4n) is 3.34. The standard InChI is InChI=1S/C23H26N6O/c1-4-24-23(28-15-21-16(2)19-7-5-6-8-20(19)30-21)27-14-18-9-10-22(26-13-18)29-12-11-25-17(29)3/h5-13H,4,14-15H2,1-3H3,(H2,24,27,28). The van der Waals surface area contributed by atoms with E-state index in [2.05, 4.69) is 38.6 Å². The highest BCUT2D eigenvalue weighted by molar-refractivity contribution is 5.83. The Kier molecular flexibility index (Phi) is 5.79. The Morgan fingerprint density at radius 3 is 2.67 bits per heavy atom. The predicted molar refractivity (Wildman–Crippen MR) is 119 cm³/mol. The highest BCUT2D eigenvalue weighted by Gasteiger charge is 2.10. The molecule has 1 aromatic carbocycles. The molecule has 0 aliphatic rings. The summed E-state index contributed by atoms with van der Waals surface area (Å²) in [6, 6.07) is 12.1. The summed E-state index contributed by atoms with van der Waals surface area (Å²) in [5.41, 5.74) is 3.10. The molecule has 0 amide bonds. The van der Waals surface area contributed by atoms with E-state index in [1.807, 2.05) is 61.1 Å². The highest BCUT2D eigenvalue weighted by Crippen LogP contribution is 2.24. The number of guanidine groups is 1. The Morgan fingerprint density at radius 1 is 1.10 bits per heavy atom. The predicted octanol–water partition coefficient (Wildman–Crippen LogP) is 3.89. The summed E-state index contributed by atoms with van der Waals surface area (Å²) in [4.78, 5) is 13.5. The number of aryl methyl sites for hydroxylation is 2. The average Bonchev–Trinajstić information content (AvgIpc) is 3.34. The number of furan rings is 1. The summed E-state index contributed by atoms with van der Waals surface area (Å²) in [6.45, 7) is 7.98. The minimum Gasteiger partial charge on any atom is -0.459 e. The van der Waals surface area contributed by atoms with E-state index < -0.39 is 0 Å². The van der Waals surface area contributed by atoms with Crippen LogP contribution < -0.4 is 10.6 Å². The second-order valence-corrected chi connectivity index (χ2v) is 7.06. The fraction of sp³-hybridized carbons (Fsp3) is 0.261. The third-order valence-electron chi connectivity index (χ3n) is 5.00. The lowest BCUT2D eigenvalue weighted by Gasteiger charge is -2.11. The molecule has 0 radical (unpaired) electrons. The Morgan fingerprint density at radius 2 is 1.97 bits per heavy atom. The number of pyridine rings is 1. The van der Waals surface area contributed by atoms with Gasteiger partial charge in [-0.15, -0.1) is 0 Å². The summed E-state index contributed by atoms with van der Waals surface area (Å²) < 4.78 is 7.94. The van der Waals surface area contributed by atoms with Crippen LogP contribution in [-0.4, -0.2) is 27.0 Å². The quantitative estimate of drug-likeness (QED) is 0.378. The number of para-hydroxylation sites is 1. The van der Waals surface area contributed by atoms with E-state index >= 15 is 0 Å². The molecule has 0 saturated carbocycles. The molecule has 30 heavy (non-hydrogen) atoms. The molecule has 3 aromatic heterocycles. The molecule has 2 N–H and O–H groups in total. The Labute approximate surface area is 175 Å². The maximum Gasteiger partial charge on any atom is 0.191 e. The van der Waals surface area contributed by atoms with Gasteiger partial charge in [-0.05, 0) is 38.5 Å². The van der Waals surface area contributed by atoms with Gasteiger partial charge in [0.25, 0.3) is 0 Å². The van der Waals surface area contributed by atoms with Gasteiger partial charge in [0.2, 0.25) is 0 Å². The molecule has 0 unspecified atom stereocenters. The molecule has 0 aliphatic carbocycles. The van der Waals surface area contributed by atoms with E-state index in [4.69, 9.17) is 4.42 Å². The summed E-state index contributed by atoms with van der Waals surface area (Å²) >= 11 is 0. The molecule has 0 aliphatic heterocycles. The number of nitrogens with zero attached hydrogens (tertiary/aromatic N) is 4. The zero-order valence-electron chi connectivity index (χ0n) is 17.5. The van der Waals surface area contributed by atoms with E-state index in [1.165, 1.54) is 0 Å². The maximum absolute atomic E-state index is 5.99. The lowest BCUT2D eigenvalue weighted by Crippen LogP contribution is -2.36. The number of nitrogens with one attached hydrogen (secondary N) is 2. The number of aliphatic imine (C=N–C) groups is 1. The Bertz CT molecular complexity index is 1160. The van der Waals surface area contributed by atoms with E-state index in [0.29, 0.717) is 13.1 Å². The van der Waals surface area contributed by atoms with E-state index in [0.717, 1.165) is 52.0 Å².